The third-order valence-electron chi connectivity index (χ3n) is 3.54. The van der Waals surface area contributed by atoms with Gasteiger partial charge in [0.25, 0.3) is 5.91 Å². The first-order valence-electron chi connectivity index (χ1n) is 7.19. The molecule has 0 heterocycles. The number of hydrogen-bond donors (Lipinski definition) is 3. The van der Waals surface area contributed by atoms with Crippen molar-refractivity contribution < 1.29 is 15.0 Å². The summed E-state index contributed by atoms with van der Waals surface area (Å²) in [6, 6.07) is 14.0. The monoisotopic (exact) mass is 510 g/mol. The second-order valence-electron chi connectivity index (χ2n) is 5.24. The summed E-state index contributed by atoms with van der Waals surface area (Å²) in [5, 5.41) is 25.6. The molecule has 1 amide bonds. The normalized spacial score (nSPS) is 11.1. The number of hydrazone groups is 1. The molecule has 0 saturated carbocycles. The van der Waals surface area contributed by atoms with Crippen LogP contribution >= 0.6 is 38.5 Å². The zero-order valence-electron chi connectivity index (χ0n) is 12.7. The van der Waals surface area contributed by atoms with Gasteiger partial charge in [-0.2, -0.15) is 5.10 Å². The Morgan fingerprint density at radius 1 is 1.12 bits per heavy atom. The molecule has 5 nitrogen and oxygen atoms in total. The van der Waals surface area contributed by atoms with Gasteiger partial charge < -0.3 is 10.2 Å². The fraction of sp³-hybridized carbons (Fsp3) is 0. The maximum atomic E-state index is 12.3. The van der Waals surface area contributed by atoms with Crippen molar-refractivity contribution in [2.24, 2.45) is 5.10 Å². The molecule has 0 aromatic heterocycles. The molecule has 25 heavy (non-hydrogen) atoms. The third-order valence-corrected chi connectivity index (χ3v) is 4.82. The molecule has 0 saturated heterocycles. The van der Waals surface area contributed by atoms with Crippen molar-refractivity contribution in [1.29, 1.82) is 0 Å². The lowest BCUT2D eigenvalue weighted by atomic mass is 10.1. The van der Waals surface area contributed by atoms with Gasteiger partial charge in [-0.15, -0.1) is 0 Å². The van der Waals surface area contributed by atoms with Crippen LogP contribution in [-0.2, 0) is 0 Å². The largest absolute Gasteiger partial charge is 0.507 e. The molecule has 0 spiro atoms. The van der Waals surface area contributed by atoms with Crippen LogP contribution in [0.2, 0.25) is 0 Å². The van der Waals surface area contributed by atoms with Crippen molar-refractivity contribution in [3.8, 4) is 11.5 Å². The summed E-state index contributed by atoms with van der Waals surface area (Å²) >= 11 is 5.34. The number of nitrogens with zero attached hydrogens (tertiary/aromatic N) is 1. The van der Waals surface area contributed by atoms with Crippen molar-refractivity contribution in [2.45, 2.75) is 0 Å². The number of nitrogens with one attached hydrogen (secondary N) is 1. The highest BCUT2D eigenvalue weighted by Crippen LogP contribution is 2.27. The minimum absolute atomic E-state index is 0.0790. The maximum Gasteiger partial charge on any atom is 0.275 e. The van der Waals surface area contributed by atoms with E-state index in [-0.39, 0.29) is 17.1 Å². The Kier molecular flexibility index (Phi) is 5.24. The van der Waals surface area contributed by atoms with Gasteiger partial charge in [0.15, 0.2) is 0 Å². The number of hydrogen-bond acceptors (Lipinski definition) is 4. The number of phenolic OH excluding ortho intramolecular Hbond substituents is 2. The van der Waals surface area contributed by atoms with Crippen molar-refractivity contribution in [3.63, 3.8) is 0 Å². The SMILES string of the molecule is O=C(N/N=C/c1cc(Br)cc(I)c1O)c1cc2ccccc2cc1O. The van der Waals surface area contributed by atoms with E-state index in [0.717, 1.165) is 15.2 Å². The van der Waals surface area contributed by atoms with Crippen molar-refractivity contribution in [3.05, 3.63) is 67.7 Å². The number of rotatable bonds is 3. The third kappa shape index (κ3) is 3.93. The summed E-state index contributed by atoms with van der Waals surface area (Å²) in [5.74, 6) is -0.578. The van der Waals surface area contributed by atoms with Crippen LogP contribution in [0.5, 0.6) is 11.5 Å². The Hall–Kier alpha value is -2.13. The van der Waals surface area contributed by atoms with E-state index >= 15 is 0 Å². The number of amides is 1. The van der Waals surface area contributed by atoms with Crippen molar-refractivity contribution in [2.75, 3.05) is 0 Å². The molecule has 3 aromatic rings. The van der Waals surface area contributed by atoms with Crippen LogP contribution in [0.4, 0.5) is 0 Å². The lowest BCUT2D eigenvalue weighted by molar-refractivity contribution is 0.0952. The molecule has 3 aromatic carbocycles. The quantitative estimate of drug-likeness (QED) is 0.278. The smallest absolute Gasteiger partial charge is 0.275 e. The number of fused-ring (bicyclic) bond motifs is 1. The Morgan fingerprint density at radius 3 is 2.52 bits per heavy atom. The molecule has 0 fully saturated rings. The zero-order chi connectivity index (χ0) is 18.0. The van der Waals surface area contributed by atoms with Crippen molar-refractivity contribution in [1.82, 2.24) is 5.43 Å². The molecule has 0 aliphatic heterocycles. The summed E-state index contributed by atoms with van der Waals surface area (Å²) in [6.45, 7) is 0. The van der Waals surface area contributed by atoms with E-state index in [4.69, 9.17) is 0 Å². The van der Waals surface area contributed by atoms with Crippen LogP contribution in [0.25, 0.3) is 10.8 Å². The molecule has 7 heteroatoms. The summed E-state index contributed by atoms with van der Waals surface area (Å²) in [7, 11) is 0. The lowest BCUT2D eigenvalue weighted by Crippen LogP contribution is -2.17. The summed E-state index contributed by atoms with van der Waals surface area (Å²) in [5.41, 5.74) is 2.95. The van der Waals surface area contributed by atoms with E-state index in [1.807, 2.05) is 46.9 Å². The predicted molar refractivity (Wildman–Crippen MR) is 109 cm³/mol. The van der Waals surface area contributed by atoms with Crippen LogP contribution in [0.3, 0.4) is 0 Å². The van der Waals surface area contributed by atoms with E-state index in [9.17, 15) is 15.0 Å². The Labute approximate surface area is 165 Å². The van der Waals surface area contributed by atoms with E-state index in [1.54, 1.807) is 18.2 Å². The molecule has 3 rings (SSSR count). The molecular weight excluding hydrogens is 499 g/mol. The zero-order valence-corrected chi connectivity index (χ0v) is 16.4. The molecule has 3 N–H and O–H groups in total. The molecule has 0 atom stereocenters. The first kappa shape index (κ1) is 17.7. The molecule has 0 unspecified atom stereocenters. The molecule has 0 radical (unpaired) electrons. The second kappa shape index (κ2) is 7.40. The van der Waals surface area contributed by atoms with Crippen LogP contribution in [0.1, 0.15) is 15.9 Å². The summed E-state index contributed by atoms with van der Waals surface area (Å²) in [6.07, 6.45) is 1.35. The van der Waals surface area contributed by atoms with E-state index in [2.05, 4.69) is 26.5 Å². The number of halogens is 2. The van der Waals surface area contributed by atoms with Gasteiger partial charge in [-0.25, -0.2) is 5.43 Å². The lowest BCUT2D eigenvalue weighted by Gasteiger charge is -2.06. The van der Waals surface area contributed by atoms with Gasteiger partial charge in [-0.05, 0) is 57.6 Å². The van der Waals surface area contributed by atoms with Crippen molar-refractivity contribution >= 4 is 61.4 Å². The van der Waals surface area contributed by atoms with Crippen LogP contribution in [0, 0.1) is 3.57 Å². The van der Waals surface area contributed by atoms with Gasteiger partial charge >= 0.3 is 0 Å². The van der Waals surface area contributed by atoms with E-state index < -0.39 is 5.91 Å². The second-order valence-corrected chi connectivity index (χ2v) is 7.32. The Balaban J connectivity index is 1.82. The highest BCUT2D eigenvalue weighted by atomic mass is 127. The number of benzene rings is 3. The van der Waals surface area contributed by atoms with E-state index in [1.165, 1.54) is 12.3 Å². The summed E-state index contributed by atoms with van der Waals surface area (Å²) < 4.78 is 1.45. The minimum atomic E-state index is -0.538. The minimum Gasteiger partial charge on any atom is -0.507 e. The topological polar surface area (TPSA) is 81.9 Å². The molecule has 126 valence electrons. The fourth-order valence-electron chi connectivity index (χ4n) is 2.32. The number of phenols is 2. The van der Waals surface area contributed by atoms with Crippen LogP contribution < -0.4 is 5.43 Å². The Morgan fingerprint density at radius 2 is 1.80 bits per heavy atom. The van der Waals surface area contributed by atoms with Gasteiger partial charge in [-0.1, -0.05) is 40.2 Å². The number of aromatic hydroxyl groups is 2. The first-order chi connectivity index (χ1) is 12.0. The summed E-state index contributed by atoms with van der Waals surface area (Å²) in [4.78, 5) is 12.3. The predicted octanol–water partition coefficient (Wildman–Crippen LogP) is 4.38. The van der Waals surface area contributed by atoms with Gasteiger partial charge in [0.2, 0.25) is 0 Å². The molecule has 0 bridgehead atoms. The molecular formula is C18H12BrIN2O3. The Bertz CT molecular complexity index is 1010. The van der Waals surface area contributed by atoms with E-state index in [0.29, 0.717) is 9.13 Å². The first-order valence-corrected chi connectivity index (χ1v) is 9.06. The number of carbonyl (C=O) groups excluding carboxylic acids is 1. The van der Waals surface area contributed by atoms with Crippen LogP contribution in [0.15, 0.2) is 58.1 Å². The molecule has 0 aliphatic carbocycles. The highest BCUT2D eigenvalue weighted by molar-refractivity contribution is 14.1. The maximum absolute atomic E-state index is 12.3. The average Bonchev–Trinajstić information content (AvgIpc) is 2.58. The molecule has 0 aliphatic rings. The fourth-order valence-corrected chi connectivity index (χ4v) is 3.87. The van der Waals surface area contributed by atoms with Crippen LogP contribution in [-0.4, -0.2) is 22.3 Å². The van der Waals surface area contributed by atoms with Gasteiger partial charge in [-0.3, -0.25) is 4.79 Å². The van der Waals surface area contributed by atoms with Gasteiger partial charge in [0.05, 0.1) is 15.3 Å². The van der Waals surface area contributed by atoms with Gasteiger partial charge in [0, 0.05) is 10.0 Å². The average molecular weight is 511 g/mol. The highest BCUT2D eigenvalue weighted by Gasteiger charge is 2.12. The standard InChI is InChI=1S/C18H12BrIN2O3/c19-13-5-12(17(24)15(20)8-13)9-21-22-18(25)14-6-10-3-1-2-4-11(10)7-16(14)23/h1-9,23-24H,(H,22,25)/b21-9+. The number of carbonyl (C=O) groups is 1. The van der Waals surface area contributed by atoms with Gasteiger partial charge in [0.1, 0.15) is 11.5 Å².